The number of carbonyl (C=O) groups is 3. The number of hydrogen-bond acceptors (Lipinski definition) is 8. The first kappa shape index (κ1) is 23.8. The summed E-state index contributed by atoms with van der Waals surface area (Å²) in [5, 5.41) is 0. The molecule has 0 bridgehead atoms. The fraction of sp³-hybridized carbons (Fsp3) is 0.562. The molecule has 0 aliphatic carbocycles. The van der Waals surface area contributed by atoms with E-state index in [2.05, 4.69) is 17.9 Å². The Morgan fingerprint density at radius 1 is 0.962 bits per heavy atom. The third-order valence-electron chi connectivity index (χ3n) is 3.16. The molecule has 1 N–H and O–H groups in total. The van der Waals surface area contributed by atoms with E-state index >= 15 is 0 Å². The van der Waals surface area contributed by atoms with Crippen LogP contribution in [0, 0.1) is 5.41 Å². The molecule has 0 rings (SSSR count). The van der Waals surface area contributed by atoms with Crippen LogP contribution < -0.4 is 0 Å². The minimum absolute atomic E-state index is 0.0598. The minimum Gasteiger partial charge on any atom is -0.461 e. The van der Waals surface area contributed by atoms with E-state index in [0.717, 1.165) is 0 Å². The molecule has 0 aromatic carbocycles. The number of carbonyl (C=O) groups excluding carboxylic acids is 3. The molecule has 0 aromatic rings. The first-order valence-corrected chi connectivity index (χ1v) is 9.23. The second-order valence-electron chi connectivity index (χ2n) is 5.87. The van der Waals surface area contributed by atoms with E-state index in [1.54, 1.807) is 6.92 Å². The molecule has 0 amide bonds. The number of hydrogen-bond donors (Lipinski definition) is 1. The Morgan fingerprint density at radius 3 is 1.69 bits per heavy atom. The normalized spacial score (nSPS) is 11.4. The molecule has 0 aliphatic heterocycles. The summed E-state index contributed by atoms with van der Waals surface area (Å²) in [7, 11) is -4.57. The Balaban J connectivity index is 5.53. The predicted octanol–water partition coefficient (Wildman–Crippen LogP) is 1.40. The Morgan fingerprint density at radius 2 is 1.38 bits per heavy atom. The summed E-state index contributed by atoms with van der Waals surface area (Å²) in [5.74, 6) is -3.93. The van der Waals surface area contributed by atoms with Crippen molar-refractivity contribution in [2.24, 2.45) is 5.41 Å². The van der Waals surface area contributed by atoms with Crippen molar-refractivity contribution in [2.45, 2.75) is 33.6 Å². The molecule has 0 atom stereocenters. The highest BCUT2D eigenvalue weighted by atomic mass is 32.2. The van der Waals surface area contributed by atoms with Gasteiger partial charge in [0.25, 0.3) is 0 Å². The molecule has 0 saturated carbocycles. The van der Waals surface area contributed by atoms with Gasteiger partial charge in [-0.3, -0.25) is 9.35 Å². The Labute approximate surface area is 152 Å². The number of rotatable bonds is 11. The summed E-state index contributed by atoms with van der Waals surface area (Å²) >= 11 is 0. The van der Waals surface area contributed by atoms with Crippen molar-refractivity contribution in [1.29, 1.82) is 0 Å². The van der Waals surface area contributed by atoms with Crippen LogP contribution in [0.4, 0.5) is 0 Å². The first-order chi connectivity index (χ1) is 11.8. The van der Waals surface area contributed by atoms with Crippen molar-refractivity contribution in [3.8, 4) is 0 Å². The summed E-state index contributed by atoms with van der Waals surface area (Å²) in [6, 6.07) is 0. The topological polar surface area (TPSA) is 133 Å². The van der Waals surface area contributed by atoms with Gasteiger partial charge in [-0.2, -0.15) is 8.42 Å². The van der Waals surface area contributed by atoms with Crippen molar-refractivity contribution < 1.29 is 41.6 Å². The Bertz CT molecular complexity index is 646. The van der Waals surface area contributed by atoms with Crippen LogP contribution in [-0.4, -0.2) is 50.0 Å². The van der Waals surface area contributed by atoms with Crippen LogP contribution in [0.25, 0.3) is 0 Å². The van der Waals surface area contributed by atoms with Crippen LogP contribution in [0.1, 0.15) is 33.6 Å². The van der Waals surface area contributed by atoms with Crippen molar-refractivity contribution in [2.75, 3.05) is 19.2 Å². The highest BCUT2D eigenvalue weighted by Gasteiger charge is 2.43. The van der Waals surface area contributed by atoms with Crippen molar-refractivity contribution >= 4 is 28.0 Å². The zero-order chi connectivity index (χ0) is 20.5. The average Bonchev–Trinajstić information content (AvgIpc) is 2.53. The maximum absolute atomic E-state index is 12.4. The second kappa shape index (κ2) is 10.1. The van der Waals surface area contributed by atoms with Crippen molar-refractivity contribution in [3.05, 3.63) is 24.3 Å². The lowest BCUT2D eigenvalue weighted by Crippen LogP contribution is -2.43. The van der Waals surface area contributed by atoms with Gasteiger partial charge in [0.1, 0.15) is 18.6 Å². The van der Waals surface area contributed by atoms with Gasteiger partial charge in [0.05, 0.1) is 0 Å². The average molecular weight is 392 g/mol. The molecule has 0 unspecified atom stereocenters. The van der Waals surface area contributed by atoms with Crippen molar-refractivity contribution in [1.82, 2.24) is 0 Å². The molecule has 9 nitrogen and oxygen atoms in total. The molecule has 0 radical (unpaired) electrons. The lowest BCUT2D eigenvalue weighted by molar-refractivity contribution is -0.169. The van der Waals surface area contributed by atoms with E-state index in [-0.39, 0.29) is 17.6 Å². The van der Waals surface area contributed by atoms with Gasteiger partial charge in [0.15, 0.2) is 0 Å². The van der Waals surface area contributed by atoms with E-state index in [1.165, 1.54) is 13.8 Å². The number of ether oxygens (including phenoxy) is 3. The van der Waals surface area contributed by atoms with Crippen LogP contribution in [0.2, 0.25) is 0 Å². The fourth-order valence-corrected chi connectivity index (χ4v) is 2.08. The van der Waals surface area contributed by atoms with Crippen LogP contribution in [0.3, 0.4) is 0 Å². The molecule has 0 saturated heterocycles. The van der Waals surface area contributed by atoms with E-state index in [4.69, 9.17) is 14.0 Å². The van der Waals surface area contributed by atoms with Gasteiger partial charge in [0.2, 0.25) is 5.94 Å². The summed E-state index contributed by atoms with van der Waals surface area (Å²) in [6.07, 6.45) is 0.459. The highest BCUT2D eigenvalue weighted by molar-refractivity contribution is 7.85. The van der Waals surface area contributed by atoms with Gasteiger partial charge >= 0.3 is 28.0 Å². The fourth-order valence-electron chi connectivity index (χ4n) is 1.82. The summed E-state index contributed by atoms with van der Waals surface area (Å²) in [4.78, 5) is 35.7. The van der Waals surface area contributed by atoms with Gasteiger partial charge in [-0.05, 0) is 20.3 Å². The second-order valence-corrected chi connectivity index (χ2v) is 7.27. The maximum Gasteiger partial charge on any atom is 0.333 e. The van der Waals surface area contributed by atoms with Gasteiger partial charge in [-0.15, -0.1) is 0 Å². The first-order valence-electron chi connectivity index (χ1n) is 7.62. The predicted molar refractivity (Wildman–Crippen MR) is 91.4 cm³/mol. The molecule has 0 heterocycles. The van der Waals surface area contributed by atoms with E-state index in [9.17, 15) is 22.8 Å². The van der Waals surface area contributed by atoms with Crippen LogP contribution in [0.15, 0.2) is 24.3 Å². The zero-order valence-corrected chi connectivity index (χ0v) is 15.9. The summed E-state index contributed by atoms with van der Waals surface area (Å²) in [5.41, 5.74) is -1.48. The quantitative estimate of drug-likeness (QED) is 0.240. The smallest absolute Gasteiger partial charge is 0.333 e. The Kier molecular flexibility index (Phi) is 9.22. The Hall–Kier alpha value is -2.20. The molecule has 10 heteroatoms. The van der Waals surface area contributed by atoms with Crippen LogP contribution in [-0.2, 0) is 38.7 Å². The third-order valence-corrected chi connectivity index (χ3v) is 3.57. The van der Waals surface area contributed by atoms with Gasteiger partial charge < -0.3 is 14.2 Å². The minimum atomic E-state index is -4.57. The summed E-state index contributed by atoms with van der Waals surface area (Å²) < 4.78 is 45.0. The maximum atomic E-state index is 12.4. The van der Waals surface area contributed by atoms with E-state index < -0.39 is 52.6 Å². The molecule has 0 aliphatic rings. The largest absolute Gasteiger partial charge is 0.461 e. The lowest BCUT2D eigenvalue weighted by Gasteiger charge is -2.30. The third kappa shape index (κ3) is 8.26. The molecule has 0 aromatic heterocycles. The molecule has 26 heavy (non-hydrogen) atoms. The zero-order valence-electron chi connectivity index (χ0n) is 15.1. The monoisotopic (exact) mass is 392 g/mol. The molecular weight excluding hydrogens is 368 g/mol. The van der Waals surface area contributed by atoms with Gasteiger partial charge in [-0.25, -0.2) is 9.59 Å². The summed E-state index contributed by atoms with van der Waals surface area (Å²) in [6.45, 7) is 10.3. The lowest BCUT2D eigenvalue weighted by atomic mass is 9.85. The number of esters is 3. The standard InChI is InChI=1S/C16H24O9S/c1-6-7-16(8-23-13(17)11(2)3,9-24-14(18)12(4)5)15(19)25-10-26(20,21)22/h2,4,6-10H2,1,3,5H3,(H,20,21,22). The van der Waals surface area contributed by atoms with Crippen molar-refractivity contribution in [3.63, 3.8) is 0 Å². The van der Waals surface area contributed by atoms with Crippen LogP contribution in [0.5, 0.6) is 0 Å². The highest BCUT2D eigenvalue weighted by Crippen LogP contribution is 2.28. The van der Waals surface area contributed by atoms with Crippen LogP contribution >= 0.6 is 0 Å². The van der Waals surface area contributed by atoms with E-state index in [0.29, 0.717) is 6.42 Å². The van der Waals surface area contributed by atoms with Gasteiger partial charge in [-0.1, -0.05) is 26.5 Å². The molecule has 0 spiro atoms. The van der Waals surface area contributed by atoms with E-state index in [1.807, 2.05) is 0 Å². The molecular formula is C16H24O9S. The van der Waals surface area contributed by atoms with Gasteiger partial charge in [0, 0.05) is 11.1 Å². The molecule has 148 valence electrons. The molecule has 0 fully saturated rings. The SMILES string of the molecule is C=C(C)C(=O)OCC(CCC)(COC(=O)C(=C)C)C(=O)OCS(=O)(=O)O.